The number of aliphatic imine (C=N–C) groups is 1. The van der Waals surface area contributed by atoms with Gasteiger partial charge >= 0.3 is 0 Å². The molecule has 0 radical (unpaired) electrons. The van der Waals surface area contributed by atoms with E-state index in [-0.39, 0.29) is 12.5 Å². The molecule has 1 aliphatic rings. The van der Waals surface area contributed by atoms with Crippen molar-refractivity contribution >= 4 is 11.9 Å². The summed E-state index contributed by atoms with van der Waals surface area (Å²) in [6.07, 6.45) is 0.838. The topological polar surface area (TPSA) is 60.0 Å². The summed E-state index contributed by atoms with van der Waals surface area (Å²) in [6.45, 7) is 5.64. The van der Waals surface area contributed by atoms with E-state index >= 15 is 0 Å². The number of amides is 1. The molecule has 2 aromatic rings. The van der Waals surface area contributed by atoms with Crippen molar-refractivity contribution < 1.29 is 4.79 Å². The summed E-state index contributed by atoms with van der Waals surface area (Å²) in [6, 6.07) is 20.7. The van der Waals surface area contributed by atoms with E-state index in [0.717, 1.165) is 45.1 Å². The molecule has 0 aliphatic carbocycles. The van der Waals surface area contributed by atoms with Crippen molar-refractivity contribution in [3.05, 3.63) is 71.8 Å². The van der Waals surface area contributed by atoms with Crippen molar-refractivity contribution in [3.8, 4) is 0 Å². The third-order valence-corrected chi connectivity index (χ3v) is 5.12. The van der Waals surface area contributed by atoms with Crippen LogP contribution >= 0.6 is 0 Å². The first-order valence-electron chi connectivity index (χ1n) is 10.3. The quantitative estimate of drug-likeness (QED) is 0.556. The highest BCUT2D eigenvalue weighted by Gasteiger charge is 2.19. The van der Waals surface area contributed by atoms with E-state index in [4.69, 9.17) is 0 Å². The number of nitrogens with one attached hydrogen (secondary N) is 2. The largest absolute Gasteiger partial charge is 0.354 e. The number of benzene rings is 2. The van der Waals surface area contributed by atoms with Gasteiger partial charge in [-0.25, -0.2) is 0 Å². The minimum atomic E-state index is -0.00945. The van der Waals surface area contributed by atoms with Crippen LogP contribution in [0.5, 0.6) is 0 Å². The van der Waals surface area contributed by atoms with Gasteiger partial charge in [-0.2, -0.15) is 0 Å². The van der Waals surface area contributed by atoms with Gasteiger partial charge in [0.25, 0.3) is 0 Å². The van der Waals surface area contributed by atoms with E-state index in [1.54, 1.807) is 7.05 Å². The maximum absolute atomic E-state index is 12.1. The van der Waals surface area contributed by atoms with Crippen LogP contribution in [0, 0.1) is 0 Å². The normalized spacial score (nSPS) is 15.2. The predicted octanol–water partition coefficient (Wildman–Crippen LogP) is 1.74. The van der Waals surface area contributed by atoms with Gasteiger partial charge in [-0.05, 0) is 17.5 Å². The van der Waals surface area contributed by atoms with Crippen molar-refractivity contribution in [2.75, 3.05) is 46.3 Å². The summed E-state index contributed by atoms with van der Waals surface area (Å²) in [5.41, 5.74) is 2.57. The third kappa shape index (κ3) is 6.91. The maximum atomic E-state index is 12.1. The number of nitrogens with zero attached hydrogens (tertiary/aromatic N) is 3. The van der Waals surface area contributed by atoms with Crippen LogP contribution in [0.25, 0.3) is 0 Å². The number of piperazine rings is 1. The molecule has 1 heterocycles. The zero-order valence-corrected chi connectivity index (χ0v) is 17.2. The van der Waals surface area contributed by atoms with E-state index in [1.165, 1.54) is 11.1 Å². The lowest BCUT2D eigenvalue weighted by atomic mass is 10.1. The molecule has 0 atom stereocenters. The molecule has 0 spiro atoms. The van der Waals surface area contributed by atoms with Crippen molar-refractivity contribution in [2.45, 2.75) is 13.0 Å². The van der Waals surface area contributed by atoms with Gasteiger partial charge in [-0.15, -0.1) is 0 Å². The standard InChI is InChI=1S/C23H31N5O/c1-24-23(26-18-22(29)25-13-12-20-8-4-2-5-9-20)28-16-14-27(15-17-28)19-21-10-6-3-7-11-21/h2-11H,12-19H2,1H3,(H,24,26)(H,25,29). The van der Waals surface area contributed by atoms with Crippen LogP contribution in [0.2, 0.25) is 0 Å². The summed E-state index contributed by atoms with van der Waals surface area (Å²) >= 11 is 0. The molecule has 3 rings (SSSR count). The Hall–Kier alpha value is -2.86. The van der Waals surface area contributed by atoms with Crippen LogP contribution in [-0.2, 0) is 17.8 Å². The molecule has 0 aromatic heterocycles. The van der Waals surface area contributed by atoms with Crippen molar-refractivity contribution in [2.24, 2.45) is 4.99 Å². The lowest BCUT2D eigenvalue weighted by Gasteiger charge is -2.36. The zero-order valence-electron chi connectivity index (χ0n) is 17.2. The lowest BCUT2D eigenvalue weighted by molar-refractivity contribution is -0.120. The highest BCUT2D eigenvalue weighted by atomic mass is 16.1. The molecule has 1 fully saturated rings. The second-order valence-electron chi connectivity index (χ2n) is 7.24. The molecule has 0 bridgehead atoms. The first kappa shape index (κ1) is 20.9. The Morgan fingerprint density at radius 2 is 1.52 bits per heavy atom. The number of rotatable bonds is 7. The summed E-state index contributed by atoms with van der Waals surface area (Å²) in [5, 5.41) is 6.16. The fraction of sp³-hybridized carbons (Fsp3) is 0.391. The minimum Gasteiger partial charge on any atom is -0.354 e. The van der Waals surface area contributed by atoms with E-state index in [0.29, 0.717) is 6.54 Å². The van der Waals surface area contributed by atoms with Gasteiger partial charge in [0.05, 0.1) is 6.54 Å². The highest BCUT2D eigenvalue weighted by molar-refractivity contribution is 5.86. The van der Waals surface area contributed by atoms with Gasteiger partial charge in [-0.3, -0.25) is 14.7 Å². The number of hydrogen-bond donors (Lipinski definition) is 2. The van der Waals surface area contributed by atoms with E-state index < -0.39 is 0 Å². The van der Waals surface area contributed by atoms with Gasteiger partial charge < -0.3 is 15.5 Å². The number of guanidine groups is 1. The van der Waals surface area contributed by atoms with Crippen LogP contribution < -0.4 is 10.6 Å². The van der Waals surface area contributed by atoms with Crippen LogP contribution in [0.1, 0.15) is 11.1 Å². The Balaban J connectivity index is 1.35. The molecule has 0 unspecified atom stereocenters. The van der Waals surface area contributed by atoms with Crippen LogP contribution in [0.15, 0.2) is 65.7 Å². The lowest BCUT2D eigenvalue weighted by Crippen LogP contribution is -2.53. The Labute approximate surface area is 173 Å². The fourth-order valence-corrected chi connectivity index (χ4v) is 3.50. The molecule has 2 aromatic carbocycles. The first-order valence-corrected chi connectivity index (χ1v) is 10.3. The number of carbonyl (C=O) groups excluding carboxylic acids is 1. The average Bonchev–Trinajstić information content (AvgIpc) is 2.77. The number of carbonyl (C=O) groups is 1. The first-order chi connectivity index (χ1) is 14.2. The molecule has 0 saturated carbocycles. The van der Waals surface area contributed by atoms with Crippen molar-refractivity contribution in [1.82, 2.24) is 20.4 Å². The van der Waals surface area contributed by atoms with E-state index in [9.17, 15) is 4.79 Å². The summed E-state index contributed by atoms with van der Waals surface area (Å²) < 4.78 is 0. The van der Waals surface area contributed by atoms with Gasteiger partial charge in [0.1, 0.15) is 0 Å². The molecular formula is C23H31N5O. The van der Waals surface area contributed by atoms with Crippen LogP contribution in [0.4, 0.5) is 0 Å². The fourth-order valence-electron chi connectivity index (χ4n) is 3.50. The summed E-state index contributed by atoms with van der Waals surface area (Å²) in [5.74, 6) is 0.785. The molecule has 6 nitrogen and oxygen atoms in total. The van der Waals surface area contributed by atoms with Crippen molar-refractivity contribution in [3.63, 3.8) is 0 Å². The third-order valence-electron chi connectivity index (χ3n) is 5.12. The second-order valence-corrected chi connectivity index (χ2v) is 7.24. The predicted molar refractivity (Wildman–Crippen MR) is 118 cm³/mol. The number of hydrogen-bond acceptors (Lipinski definition) is 3. The molecule has 1 aliphatic heterocycles. The minimum absolute atomic E-state index is 0.00945. The van der Waals surface area contributed by atoms with Gasteiger partial charge in [0.2, 0.25) is 5.91 Å². The van der Waals surface area contributed by atoms with Gasteiger partial charge in [-0.1, -0.05) is 60.7 Å². The Bertz CT molecular complexity index is 770. The van der Waals surface area contributed by atoms with Gasteiger partial charge in [0, 0.05) is 46.3 Å². The summed E-state index contributed by atoms with van der Waals surface area (Å²) in [7, 11) is 1.77. The van der Waals surface area contributed by atoms with Crippen LogP contribution in [-0.4, -0.2) is 68.0 Å². The Kier molecular flexibility index (Phi) is 8.07. The zero-order chi connectivity index (χ0) is 20.3. The SMILES string of the molecule is CN=C(NCC(=O)NCCc1ccccc1)N1CCN(Cc2ccccc2)CC1. The van der Waals surface area contributed by atoms with Crippen molar-refractivity contribution in [1.29, 1.82) is 0 Å². The summed E-state index contributed by atoms with van der Waals surface area (Å²) in [4.78, 5) is 21.2. The average molecular weight is 394 g/mol. The molecular weight excluding hydrogens is 362 g/mol. The maximum Gasteiger partial charge on any atom is 0.239 e. The van der Waals surface area contributed by atoms with Crippen LogP contribution in [0.3, 0.4) is 0 Å². The van der Waals surface area contributed by atoms with E-state index in [2.05, 4.69) is 67.9 Å². The monoisotopic (exact) mass is 393 g/mol. The Morgan fingerprint density at radius 1 is 0.897 bits per heavy atom. The second kappa shape index (κ2) is 11.2. The molecule has 1 saturated heterocycles. The molecule has 154 valence electrons. The van der Waals surface area contributed by atoms with Gasteiger partial charge in [0.15, 0.2) is 5.96 Å². The van der Waals surface area contributed by atoms with E-state index in [1.807, 2.05) is 18.2 Å². The Morgan fingerprint density at radius 3 is 2.14 bits per heavy atom. The molecule has 1 amide bonds. The molecule has 6 heteroatoms. The highest BCUT2D eigenvalue weighted by Crippen LogP contribution is 2.08. The molecule has 29 heavy (non-hydrogen) atoms. The molecule has 2 N–H and O–H groups in total. The smallest absolute Gasteiger partial charge is 0.239 e.